The fraction of sp³-hybridized carbons (Fsp3) is 0.655. The van der Waals surface area contributed by atoms with E-state index < -0.39 is 17.8 Å². The molecule has 2 saturated carbocycles. The van der Waals surface area contributed by atoms with E-state index >= 15 is 0 Å². The van der Waals surface area contributed by atoms with Gasteiger partial charge in [0.05, 0.1) is 18.3 Å². The second-order valence-corrected chi connectivity index (χ2v) is 10.3. The number of rotatable bonds is 6. The Morgan fingerprint density at radius 1 is 1.30 bits per heavy atom. The Hall–Kier alpha value is -1.64. The molecule has 0 aromatic heterocycles. The van der Waals surface area contributed by atoms with E-state index in [0.29, 0.717) is 38.2 Å². The van der Waals surface area contributed by atoms with Crippen LogP contribution in [-0.4, -0.2) is 45.8 Å². The minimum absolute atomic E-state index is 0.00762. The Bertz CT molecular complexity index is 879. The number of hydrogen-bond acceptors (Lipinski definition) is 4. The summed E-state index contributed by atoms with van der Waals surface area (Å²) in [5, 5.41) is 30.5. The van der Waals surface area contributed by atoms with Gasteiger partial charge in [0.1, 0.15) is 12.2 Å². The molecule has 0 aliphatic heterocycles. The van der Waals surface area contributed by atoms with Crippen LogP contribution in [0.5, 0.6) is 0 Å². The quantitative estimate of drug-likeness (QED) is 0.390. The summed E-state index contributed by atoms with van der Waals surface area (Å²) in [6.07, 6.45) is 12.0. The fourth-order valence-corrected chi connectivity index (χ4v) is 5.83. The highest BCUT2D eigenvalue weighted by atomic mass is 16.5. The Kier molecular flexibility index (Phi) is 8.45. The van der Waals surface area contributed by atoms with Gasteiger partial charge in [0.25, 0.3) is 0 Å². The Balaban J connectivity index is 1.69. The van der Waals surface area contributed by atoms with Gasteiger partial charge < -0.3 is 20.1 Å². The van der Waals surface area contributed by atoms with Crippen molar-refractivity contribution in [3.63, 3.8) is 0 Å². The smallest absolute Gasteiger partial charge is 0.125 e. The van der Waals surface area contributed by atoms with Crippen LogP contribution in [0.2, 0.25) is 0 Å². The van der Waals surface area contributed by atoms with E-state index in [0.717, 1.165) is 36.8 Å². The van der Waals surface area contributed by atoms with Crippen LogP contribution in [0.3, 0.4) is 0 Å². The first-order valence-electron chi connectivity index (χ1n) is 12.6. The van der Waals surface area contributed by atoms with E-state index in [4.69, 9.17) is 4.74 Å². The molecule has 182 valence electrons. The summed E-state index contributed by atoms with van der Waals surface area (Å²) >= 11 is 0. The summed E-state index contributed by atoms with van der Waals surface area (Å²) in [7, 11) is 0. The zero-order valence-electron chi connectivity index (χ0n) is 20.9. The van der Waals surface area contributed by atoms with Crippen molar-refractivity contribution >= 4 is 0 Å². The van der Waals surface area contributed by atoms with E-state index in [1.807, 2.05) is 13.8 Å². The van der Waals surface area contributed by atoms with Gasteiger partial charge in [0.2, 0.25) is 0 Å². The molecule has 0 aromatic carbocycles. The normalized spacial score (nSPS) is 33.5. The maximum atomic E-state index is 10.3. The van der Waals surface area contributed by atoms with Crippen LogP contribution in [0.4, 0.5) is 0 Å². The lowest BCUT2D eigenvalue weighted by atomic mass is 9.63. The number of ether oxygens (including phenoxy) is 1. The van der Waals surface area contributed by atoms with E-state index in [2.05, 4.69) is 50.5 Å². The standard InChI is InChI=1S/C29H42O4/c1-6-29(32,7-2)16-9-17-33-21(4)25-13-14-26-22(10-8-15-28(25,26)5)11-12-23-18-24(30)19-27(31)20(23)3/h11-13,21,24,26-27,30-32H,3,6-8,10,14-15,17-19H2,1-2,4-5H3/b22-11+,23-12-/t21-,24+,26?,27-,28+/m0/s1. The third kappa shape index (κ3) is 5.72. The van der Waals surface area contributed by atoms with Crippen molar-refractivity contribution in [3.05, 3.63) is 47.1 Å². The van der Waals surface area contributed by atoms with Crippen LogP contribution in [0.15, 0.2) is 47.1 Å². The largest absolute Gasteiger partial charge is 0.393 e. The van der Waals surface area contributed by atoms with Crippen molar-refractivity contribution in [2.75, 3.05) is 6.61 Å². The summed E-state index contributed by atoms with van der Waals surface area (Å²) in [5.74, 6) is 6.45. The summed E-state index contributed by atoms with van der Waals surface area (Å²) in [4.78, 5) is 0. The van der Waals surface area contributed by atoms with Gasteiger partial charge in [-0.2, -0.15) is 0 Å². The molecule has 0 bridgehead atoms. The maximum absolute atomic E-state index is 10.3. The topological polar surface area (TPSA) is 69.9 Å². The number of allylic oxidation sites excluding steroid dienone is 4. The van der Waals surface area contributed by atoms with E-state index in [-0.39, 0.29) is 11.5 Å². The predicted octanol–water partition coefficient (Wildman–Crippen LogP) is 5.01. The number of aliphatic hydroxyl groups excluding tert-OH is 2. The van der Waals surface area contributed by atoms with Crippen molar-refractivity contribution in [3.8, 4) is 11.8 Å². The van der Waals surface area contributed by atoms with E-state index in [9.17, 15) is 15.3 Å². The third-order valence-electron chi connectivity index (χ3n) is 8.21. The highest BCUT2D eigenvalue weighted by Gasteiger charge is 2.46. The summed E-state index contributed by atoms with van der Waals surface area (Å²) in [5.41, 5.74) is 3.66. The third-order valence-corrected chi connectivity index (χ3v) is 8.21. The molecule has 3 N–H and O–H groups in total. The molecule has 33 heavy (non-hydrogen) atoms. The Morgan fingerprint density at radius 2 is 2.03 bits per heavy atom. The first-order chi connectivity index (χ1) is 15.6. The van der Waals surface area contributed by atoms with Gasteiger partial charge in [0, 0.05) is 6.42 Å². The molecule has 0 saturated heterocycles. The van der Waals surface area contributed by atoms with Gasteiger partial charge in [-0.3, -0.25) is 0 Å². The average Bonchev–Trinajstić information content (AvgIpc) is 3.15. The molecule has 2 fully saturated rings. The van der Waals surface area contributed by atoms with Crippen molar-refractivity contribution < 1.29 is 20.1 Å². The van der Waals surface area contributed by atoms with E-state index in [1.165, 1.54) is 11.1 Å². The highest BCUT2D eigenvalue weighted by Crippen LogP contribution is 2.55. The van der Waals surface area contributed by atoms with Gasteiger partial charge in [-0.25, -0.2) is 0 Å². The van der Waals surface area contributed by atoms with Crippen molar-refractivity contribution in [2.24, 2.45) is 11.3 Å². The molecular weight excluding hydrogens is 412 g/mol. The first kappa shape index (κ1) is 26.0. The zero-order chi connectivity index (χ0) is 24.2. The van der Waals surface area contributed by atoms with Gasteiger partial charge in [-0.1, -0.05) is 63.0 Å². The Labute approximate surface area is 200 Å². The summed E-state index contributed by atoms with van der Waals surface area (Å²) < 4.78 is 6.10. The number of aliphatic hydroxyl groups is 3. The summed E-state index contributed by atoms with van der Waals surface area (Å²) in [6.45, 7) is 12.7. The molecule has 3 rings (SSSR count). The lowest BCUT2D eigenvalue weighted by molar-refractivity contribution is 0.0841. The maximum Gasteiger partial charge on any atom is 0.125 e. The monoisotopic (exact) mass is 454 g/mol. The molecule has 0 aromatic rings. The molecule has 0 heterocycles. The minimum atomic E-state index is -0.913. The molecule has 0 spiro atoms. The van der Waals surface area contributed by atoms with Gasteiger partial charge in [0.15, 0.2) is 0 Å². The second kappa shape index (κ2) is 10.7. The number of hydrogen-bond donors (Lipinski definition) is 3. The minimum Gasteiger partial charge on any atom is -0.393 e. The fourth-order valence-electron chi connectivity index (χ4n) is 5.83. The molecule has 3 aliphatic carbocycles. The van der Waals surface area contributed by atoms with Crippen LogP contribution in [0.1, 0.15) is 79.1 Å². The molecule has 0 amide bonds. The predicted molar refractivity (Wildman–Crippen MR) is 133 cm³/mol. The van der Waals surface area contributed by atoms with Crippen molar-refractivity contribution in [1.82, 2.24) is 0 Å². The summed E-state index contributed by atoms with van der Waals surface area (Å²) in [6, 6.07) is 0. The second-order valence-electron chi connectivity index (χ2n) is 10.3. The van der Waals surface area contributed by atoms with Crippen LogP contribution < -0.4 is 0 Å². The molecule has 3 aliphatic rings. The number of fused-ring (bicyclic) bond motifs is 1. The molecule has 4 heteroatoms. The molecule has 5 atom stereocenters. The van der Waals surface area contributed by atoms with Crippen LogP contribution in [-0.2, 0) is 4.74 Å². The van der Waals surface area contributed by atoms with Gasteiger partial charge in [-0.05, 0) is 79.9 Å². The van der Waals surface area contributed by atoms with Gasteiger partial charge in [-0.15, -0.1) is 0 Å². The van der Waals surface area contributed by atoms with E-state index in [1.54, 1.807) is 0 Å². The lowest BCUT2D eigenvalue weighted by Gasteiger charge is -2.42. The molecule has 0 radical (unpaired) electrons. The van der Waals surface area contributed by atoms with Crippen LogP contribution >= 0.6 is 0 Å². The molecule has 1 unspecified atom stereocenters. The van der Waals surface area contributed by atoms with Crippen molar-refractivity contribution in [1.29, 1.82) is 0 Å². The first-order valence-corrected chi connectivity index (χ1v) is 12.6. The molecular formula is C29H42O4. The van der Waals surface area contributed by atoms with Crippen LogP contribution in [0, 0.1) is 23.2 Å². The van der Waals surface area contributed by atoms with Crippen molar-refractivity contribution in [2.45, 2.75) is 103 Å². The average molecular weight is 455 g/mol. The Morgan fingerprint density at radius 3 is 2.73 bits per heavy atom. The highest BCUT2D eigenvalue weighted by molar-refractivity contribution is 5.40. The molecule has 4 nitrogen and oxygen atoms in total. The van der Waals surface area contributed by atoms with Crippen LogP contribution in [0.25, 0.3) is 0 Å². The lowest BCUT2D eigenvalue weighted by Crippen LogP contribution is -2.34. The SMILES string of the molecule is C=C1/C(=C\C=C2/CCC[C@]3(C)C([C@H](C)OCC#CC(O)(CC)CC)=CCC23)C[C@@H](O)C[C@@H]1O. The zero-order valence-corrected chi connectivity index (χ0v) is 20.9. The van der Waals surface area contributed by atoms with Gasteiger partial charge >= 0.3 is 0 Å².